The number of rotatable bonds is 5. The van der Waals surface area contributed by atoms with Crippen LogP contribution in [0.2, 0.25) is 0 Å². The molecule has 156 valence electrons. The van der Waals surface area contributed by atoms with Crippen LogP contribution in [-0.4, -0.2) is 22.9 Å². The van der Waals surface area contributed by atoms with E-state index in [2.05, 4.69) is 10.6 Å². The van der Waals surface area contributed by atoms with Gasteiger partial charge in [0.15, 0.2) is 0 Å². The summed E-state index contributed by atoms with van der Waals surface area (Å²) in [5.74, 6) is -3.21. The fourth-order valence-corrected chi connectivity index (χ4v) is 3.92. The van der Waals surface area contributed by atoms with Gasteiger partial charge < -0.3 is 15.7 Å². The normalized spacial score (nSPS) is 17.8. The van der Waals surface area contributed by atoms with Gasteiger partial charge in [-0.15, -0.1) is 0 Å². The molecule has 0 fully saturated rings. The summed E-state index contributed by atoms with van der Waals surface area (Å²) in [5, 5.41) is 17.1. The van der Waals surface area contributed by atoms with E-state index in [1.54, 1.807) is 30.3 Å². The molecule has 0 radical (unpaired) electrons. The molecular formula is C25H22N2O4. The highest BCUT2D eigenvalue weighted by Gasteiger charge is 2.34. The van der Waals surface area contributed by atoms with Crippen LogP contribution in [0.15, 0.2) is 78.9 Å². The number of fused-ring (bicyclic) bond motifs is 1. The predicted molar refractivity (Wildman–Crippen MR) is 120 cm³/mol. The maximum absolute atomic E-state index is 13.0. The summed E-state index contributed by atoms with van der Waals surface area (Å²) >= 11 is 0. The Morgan fingerprint density at radius 2 is 1.39 bits per heavy atom. The van der Waals surface area contributed by atoms with E-state index >= 15 is 0 Å². The maximum atomic E-state index is 13.0. The molecule has 0 spiro atoms. The number of anilines is 2. The van der Waals surface area contributed by atoms with Gasteiger partial charge in [0, 0.05) is 11.1 Å². The minimum Gasteiger partial charge on any atom is -0.481 e. The van der Waals surface area contributed by atoms with E-state index in [-0.39, 0.29) is 5.91 Å². The van der Waals surface area contributed by atoms with Crippen LogP contribution in [0.3, 0.4) is 0 Å². The Morgan fingerprint density at radius 3 is 2.19 bits per heavy atom. The molecule has 4 rings (SSSR count). The van der Waals surface area contributed by atoms with Gasteiger partial charge in [0.2, 0.25) is 5.91 Å². The minimum absolute atomic E-state index is 0.307. The summed E-state index contributed by atoms with van der Waals surface area (Å²) in [7, 11) is 0. The SMILES string of the molecule is O=C(Nc1cccc2ccccc12)c1ccccc1NC(=O)[C@H]1CC=CC[C@H]1C(=O)O. The van der Waals surface area contributed by atoms with E-state index in [1.807, 2.05) is 48.5 Å². The Balaban J connectivity index is 1.57. The molecule has 2 amide bonds. The molecule has 0 aromatic heterocycles. The van der Waals surface area contributed by atoms with Crippen molar-refractivity contribution in [1.82, 2.24) is 0 Å². The van der Waals surface area contributed by atoms with Gasteiger partial charge in [-0.05, 0) is 36.4 Å². The maximum Gasteiger partial charge on any atom is 0.307 e. The van der Waals surface area contributed by atoms with Crippen molar-refractivity contribution in [2.24, 2.45) is 11.8 Å². The average Bonchev–Trinajstić information content (AvgIpc) is 2.79. The third-order valence-electron chi connectivity index (χ3n) is 5.55. The van der Waals surface area contributed by atoms with Crippen LogP contribution in [0.4, 0.5) is 11.4 Å². The van der Waals surface area contributed by atoms with Gasteiger partial charge in [-0.25, -0.2) is 0 Å². The lowest BCUT2D eigenvalue weighted by Crippen LogP contribution is -2.35. The number of hydrogen-bond donors (Lipinski definition) is 3. The number of hydrogen-bond acceptors (Lipinski definition) is 3. The summed E-state index contributed by atoms with van der Waals surface area (Å²) in [6, 6.07) is 20.1. The first-order valence-electron chi connectivity index (χ1n) is 10.1. The van der Waals surface area contributed by atoms with Crippen molar-refractivity contribution >= 4 is 39.9 Å². The zero-order chi connectivity index (χ0) is 21.8. The van der Waals surface area contributed by atoms with Crippen molar-refractivity contribution in [3.8, 4) is 0 Å². The lowest BCUT2D eigenvalue weighted by molar-refractivity contribution is -0.146. The zero-order valence-electron chi connectivity index (χ0n) is 16.7. The molecule has 6 heteroatoms. The highest BCUT2D eigenvalue weighted by molar-refractivity contribution is 6.13. The van der Waals surface area contributed by atoms with Gasteiger partial charge >= 0.3 is 5.97 Å². The van der Waals surface area contributed by atoms with Crippen molar-refractivity contribution in [2.45, 2.75) is 12.8 Å². The number of para-hydroxylation sites is 1. The summed E-state index contributed by atoms with van der Waals surface area (Å²) < 4.78 is 0. The number of carbonyl (C=O) groups excluding carboxylic acids is 2. The van der Waals surface area contributed by atoms with Crippen LogP contribution in [0, 0.1) is 11.8 Å². The van der Waals surface area contributed by atoms with Crippen LogP contribution in [0.25, 0.3) is 10.8 Å². The lowest BCUT2D eigenvalue weighted by Gasteiger charge is -2.24. The van der Waals surface area contributed by atoms with E-state index in [4.69, 9.17) is 0 Å². The van der Waals surface area contributed by atoms with Crippen molar-refractivity contribution in [2.75, 3.05) is 10.6 Å². The minimum atomic E-state index is -0.994. The molecule has 0 bridgehead atoms. The van der Waals surface area contributed by atoms with Crippen molar-refractivity contribution < 1.29 is 19.5 Å². The molecule has 1 aliphatic rings. The quantitative estimate of drug-likeness (QED) is 0.528. The Kier molecular flexibility index (Phi) is 5.80. The molecule has 0 saturated carbocycles. The van der Waals surface area contributed by atoms with Crippen LogP contribution in [-0.2, 0) is 9.59 Å². The monoisotopic (exact) mass is 414 g/mol. The number of aliphatic carboxylic acids is 1. The summed E-state index contributed by atoms with van der Waals surface area (Å²) in [5.41, 5.74) is 1.33. The summed E-state index contributed by atoms with van der Waals surface area (Å²) in [4.78, 5) is 37.4. The van der Waals surface area contributed by atoms with Crippen LogP contribution >= 0.6 is 0 Å². The summed E-state index contributed by atoms with van der Waals surface area (Å²) in [6.07, 6.45) is 4.28. The molecular weight excluding hydrogens is 392 g/mol. The first kappa shape index (κ1) is 20.3. The summed E-state index contributed by atoms with van der Waals surface area (Å²) in [6.45, 7) is 0. The second-order valence-corrected chi connectivity index (χ2v) is 7.51. The van der Waals surface area contributed by atoms with Gasteiger partial charge in [0.05, 0.1) is 23.1 Å². The number of allylic oxidation sites excluding steroid dienone is 2. The van der Waals surface area contributed by atoms with Crippen LogP contribution < -0.4 is 10.6 Å². The molecule has 3 aromatic carbocycles. The number of nitrogens with one attached hydrogen (secondary N) is 2. The number of carbonyl (C=O) groups is 3. The first-order valence-corrected chi connectivity index (χ1v) is 10.1. The van der Waals surface area contributed by atoms with Gasteiger partial charge in [0.25, 0.3) is 5.91 Å². The molecule has 6 nitrogen and oxygen atoms in total. The van der Waals surface area contributed by atoms with Crippen molar-refractivity contribution in [1.29, 1.82) is 0 Å². The van der Waals surface area contributed by atoms with E-state index in [0.29, 0.717) is 29.8 Å². The second kappa shape index (κ2) is 8.83. The van der Waals surface area contributed by atoms with Crippen molar-refractivity contribution in [3.63, 3.8) is 0 Å². The molecule has 3 aromatic rings. The van der Waals surface area contributed by atoms with E-state index < -0.39 is 23.7 Å². The fourth-order valence-electron chi connectivity index (χ4n) is 3.92. The highest BCUT2D eigenvalue weighted by Crippen LogP contribution is 2.29. The molecule has 0 unspecified atom stereocenters. The molecule has 2 atom stereocenters. The molecule has 1 aliphatic carbocycles. The zero-order valence-corrected chi connectivity index (χ0v) is 16.7. The highest BCUT2D eigenvalue weighted by atomic mass is 16.4. The molecule has 3 N–H and O–H groups in total. The topological polar surface area (TPSA) is 95.5 Å². The third kappa shape index (κ3) is 4.33. The average molecular weight is 414 g/mol. The van der Waals surface area contributed by atoms with Gasteiger partial charge in [-0.2, -0.15) is 0 Å². The fraction of sp³-hybridized carbons (Fsp3) is 0.160. The van der Waals surface area contributed by atoms with Gasteiger partial charge in [0.1, 0.15) is 0 Å². The van der Waals surface area contributed by atoms with E-state index in [1.165, 1.54) is 0 Å². The number of carboxylic acids is 1. The van der Waals surface area contributed by atoms with Gasteiger partial charge in [-0.3, -0.25) is 14.4 Å². The standard InChI is InChI=1S/C25H22N2O4/c28-23(18-11-3-4-12-19(18)25(30)31)27-22-14-6-5-13-20(22)24(29)26-21-15-7-9-16-8-1-2-10-17(16)21/h1-10,13-15,18-19H,11-12H2,(H,26,29)(H,27,28)(H,30,31)/t18-,19+/m0/s1. The van der Waals surface area contributed by atoms with E-state index in [0.717, 1.165) is 10.8 Å². The smallest absolute Gasteiger partial charge is 0.307 e. The van der Waals surface area contributed by atoms with Crippen LogP contribution in [0.5, 0.6) is 0 Å². The molecule has 0 aliphatic heterocycles. The van der Waals surface area contributed by atoms with Crippen LogP contribution in [0.1, 0.15) is 23.2 Å². The molecule has 0 heterocycles. The Bertz CT molecular complexity index is 1180. The third-order valence-corrected chi connectivity index (χ3v) is 5.55. The van der Waals surface area contributed by atoms with Gasteiger partial charge in [-0.1, -0.05) is 60.7 Å². The Labute approximate surface area is 179 Å². The van der Waals surface area contributed by atoms with E-state index in [9.17, 15) is 19.5 Å². The molecule has 31 heavy (non-hydrogen) atoms. The second-order valence-electron chi connectivity index (χ2n) is 7.51. The van der Waals surface area contributed by atoms with Crippen molar-refractivity contribution in [3.05, 3.63) is 84.4 Å². The number of benzene rings is 3. The molecule has 0 saturated heterocycles. The lowest BCUT2D eigenvalue weighted by atomic mass is 9.82. The Morgan fingerprint density at radius 1 is 0.742 bits per heavy atom. The first-order chi connectivity index (χ1) is 15.0. The number of amides is 2. The predicted octanol–water partition coefficient (Wildman–Crippen LogP) is 4.70. The largest absolute Gasteiger partial charge is 0.481 e. The Hall–Kier alpha value is -3.93. The number of carboxylic acid groups (broad SMARTS) is 1.